The molecule has 1 N–H and O–H groups in total. The number of hydrogen-bond acceptors (Lipinski definition) is 6. The number of fused-ring (bicyclic) bond motifs is 1. The monoisotopic (exact) mass is 449 g/mol. The van der Waals surface area contributed by atoms with Crippen LogP contribution in [0.25, 0.3) is 22.3 Å². The lowest BCUT2D eigenvalue weighted by Crippen LogP contribution is -2.75. The highest BCUT2D eigenvalue weighted by Gasteiger charge is 2.10. The van der Waals surface area contributed by atoms with Crippen molar-refractivity contribution in [1.29, 1.82) is 0 Å². The van der Waals surface area contributed by atoms with Gasteiger partial charge in [0.05, 0.1) is 17.7 Å². The lowest BCUT2D eigenvalue weighted by Gasteiger charge is -2.17. The maximum Gasteiger partial charge on any atom is 0.213 e. The van der Waals surface area contributed by atoms with E-state index in [9.17, 15) is 0 Å². The van der Waals surface area contributed by atoms with Crippen molar-refractivity contribution in [2.24, 2.45) is 0 Å². The Labute approximate surface area is 178 Å². The van der Waals surface area contributed by atoms with E-state index in [0.717, 1.165) is 33.4 Å². The number of halogens is 2. The van der Waals surface area contributed by atoms with E-state index in [-0.39, 0.29) is 0 Å². The van der Waals surface area contributed by atoms with Gasteiger partial charge in [-0.05, 0) is 55.5 Å². The first-order valence-corrected chi connectivity index (χ1v) is 10.3. The van der Waals surface area contributed by atoms with Crippen LogP contribution in [0.2, 0.25) is 5.02 Å². The standard InChI is InChI=1S/C21H16ClNO2.ClHO4/c1-14-4-9-20-18(11-14)19(23-13-17-3-2-10-24-17)12-21(25-20)15-5-7-16(22)8-6-15;2-1(3,4)5/h2-12H,13H2,1H3;(H,2,3,4,5). The summed E-state index contributed by atoms with van der Waals surface area (Å²) < 4.78 is 45.5. The number of benzene rings is 2. The zero-order valence-corrected chi connectivity index (χ0v) is 17.3. The second kappa shape index (κ2) is 9.44. The summed E-state index contributed by atoms with van der Waals surface area (Å²) in [7, 11) is -4.94. The van der Waals surface area contributed by atoms with Crippen LogP contribution >= 0.6 is 11.6 Å². The Kier molecular flexibility index (Phi) is 6.94. The maximum atomic E-state index is 8.49. The maximum absolute atomic E-state index is 8.49. The predicted molar refractivity (Wildman–Crippen MR) is 97.9 cm³/mol. The summed E-state index contributed by atoms with van der Waals surface area (Å²) in [5.74, 6) is 1.67. The zero-order valence-electron chi connectivity index (χ0n) is 15.8. The van der Waals surface area contributed by atoms with Gasteiger partial charge in [-0.1, -0.05) is 23.2 Å². The average molecular weight is 450 g/mol. The van der Waals surface area contributed by atoms with Crippen molar-refractivity contribution in [2.45, 2.75) is 13.5 Å². The molecule has 0 radical (unpaired) electrons. The number of hydrogen-bond donors (Lipinski definition) is 1. The summed E-state index contributed by atoms with van der Waals surface area (Å²) >= 11 is 6.00. The molecule has 0 atom stereocenters. The van der Waals surface area contributed by atoms with Gasteiger partial charge in [-0.25, -0.2) is 23.6 Å². The van der Waals surface area contributed by atoms with Crippen LogP contribution in [0.15, 0.2) is 75.8 Å². The molecule has 0 spiro atoms. The molecule has 7 nitrogen and oxygen atoms in total. The first-order chi connectivity index (χ1) is 14.2. The minimum atomic E-state index is -4.94. The molecule has 4 rings (SSSR count). The van der Waals surface area contributed by atoms with Crippen molar-refractivity contribution in [1.82, 2.24) is 0 Å². The Hall–Kier alpha value is -2.65. The van der Waals surface area contributed by atoms with E-state index in [4.69, 9.17) is 39.1 Å². The molecular weight excluding hydrogens is 433 g/mol. The Morgan fingerprint density at radius 3 is 2.30 bits per heavy atom. The molecule has 0 aliphatic heterocycles. The molecule has 2 aromatic carbocycles. The van der Waals surface area contributed by atoms with Crippen LogP contribution < -0.4 is 29.0 Å². The van der Waals surface area contributed by atoms with Crippen LogP contribution in [0.4, 0.5) is 0 Å². The van der Waals surface area contributed by atoms with Gasteiger partial charge in [-0.15, -0.1) is 10.2 Å². The van der Waals surface area contributed by atoms with Gasteiger partial charge in [0, 0.05) is 10.6 Å². The first-order valence-electron chi connectivity index (χ1n) is 8.70. The minimum Gasteiger partial charge on any atom is -0.463 e. The molecular formula is C21H17Cl2NO6. The molecule has 0 fully saturated rings. The zero-order chi connectivity index (χ0) is 21.7. The quantitative estimate of drug-likeness (QED) is 0.430. The third kappa shape index (κ3) is 6.43. The molecule has 30 heavy (non-hydrogen) atoms. The lowest BCUT2D eigenvalue weighted by atomic mass is 10.1. The van der Waals surface area contributed by atoms with Crippen molar-refractivity contribution < 1.29 is 42.7 Å². The molecule has 2 aromatic heterocycles. The van der Waals surface area contributed by atoms with E-state index in [2.05, 4.69) is 18.0 Å². The first kappa shape index (κ1) is 22.0. The fourth-order valence-corrected chi connectivity index (χ4v) is 2.92. The van der Waals surface area contributed by atoms with Crippen molar-refractivity contribution >= 4 is 22.6 Å². The lowest BCUT2D eigenvalue weighted by molar-refractivity contribution is -2.00. The molecule has 0 aliphatic carbocycles. The summed E-state index contributed by atoms with van der Waals surface area (Å²) in [4.78, 5) is 3.46. The highest BCUT2D eigenvalue weighted by molar-refractivity contribution is 6.30. The van der Waals surface area contributed by atoms with Crippen LogP contribution in [0, 0.1) is 17.2 Å². The molecule has 0 saturated heterocycles. The van der Waals surface area contributed by atoms with E-state index >= 15 is 0 Å². The number of rotatable bonds is 3. The van der Waals surface area contributed by atoms with Crippen LogP contribution in [0.3, 0.4) is 0 Å². The molecule has 0 unspecified atom stereocenters. The summed E-state index contributed by atoms with van der Waals surface area (Å²) in [5.41, 5.74) is 3.00. The van der Waals surface area contributed by atoms with Crippen LogP contribution in [0.5, 0.6) is 0 Å². The van der Waals surface area contributed by atoms with Gasteiger partial charge < -0.3 is 8.83 Å². The molecule has 0 aliphatic rings. The Morgan fingerprint density at radius 2 is 1.67 bits per heavy atom. The average Bonchev–Trinajstić information content (AvgIpc) is 3.19. The van der Waals surface area contributed by atoms with Gasteiger partial charge in [0.25, 0.3) is 0 Å². The van der Waals surface area contributed by atoms with E-state index in [0.29, 0.717) is 11.6 Å². The topological polar surface area (TPSA) is 132 Å². The van der Waals surface area contributed by atoms with E-state index in [1.165, 1.54) is 5.56 Å². The van der Waals surface area contributed by atoms with Crippen LogP contribution in [-0.4, -0.2) is 0 Å². The third-order valence-electron chi connectivity index (χ3n) is 4.08. The minimum absolute atomic E-state index is 0.611. The smallest absolute Gasteiger partial charge is 0.213 e. The summed E-state index contributed by atoms with van der Waals surface area (Å²) in [6, 6.07) is 19.7. The third-order valence-corrected chi connectivity index (χ3v) is 4.33. The van der Waals surface area contributed by atoms with E-state index in [1.54, 1.807) is 6.26 Å². The normalized spacial score (nSPS) is 12.0. The van der Waals surface area contributed by atoms with Crippen molar-refractivity contribution in [3.63, 3.8) is 0 Å². The fraction of sp³-hybridized carbons (Fsp3) is 0.0952. The van der Waals surface area contributed by atoms with Gasteiger partial charge in [0.15, 0.2) is 12.3 Å². The van der Waals surface area contributed by atoms with Gasteiger partial charge in [-0.3, -0.25) is 0 Å². The molecule has 4 aromatic rings. The van der Waals surface area contributed by atoms with Crippen molar-refractivity contribution in [3.05, 3.63) is 88.6 Å². The molecule has 9 heteroatoms. The van der Waals surface area contributed by atoms with E-state index < -0.39 is 10.2 Å². The summed E-state index contributed by atoms with van der Waals surface area (Å²) in [5, 5.41) is 2.76. The largest absolute Gasteiger partial charge is 0.463 e. The molecule has 0 bridgehead atoms. The van der Waals surface area contributed by atoms with Crippen molar-refractivity contribution in [2.75, 3.05) is 0 Å². The molecule has 0 amide bonds. The number of furan rings is 1. The summed E-state index contributed by atoms with van der Waals surface area (Å²) in [6.45, 7) is 2.68. The van der Waals surface area contributed by atoms with E-state index in [1.807, 2.05) is 54.6 Å². The van der Waals surface area contributed by atoms with Gasteiger partial charge in [0.2, 0.25) is 5.36 Å². The van der Waals surface area contributed by atoms with Crippen LogP contribution in [-0.2, 0) is 6.54 Å². The van der Waals surface area contributed by atoms with Crippen LogP contribution in [0.1, 0.15) is 11.3 Å². The van der Waals surface area contributed by atoms with Gasteiger partial charge in [0.1, 0.15) is 11.3 Å². The Balaban J connectivity index is 0.000000461. The number of nitrogens with one attached hydrogen (secondary N) is 1. The van der Waals surface area contributed by atoms with Gasteiger partial charge >= 0.3 is 0 Å². The summed E-state index contributed by atoms with van der Waals surface area (Å²) in [6.07, 6.45) is 1.68. The fourth-order valence-electron chi connectivity index (χ4n) is 2.80. The second-order valence-corrected chi connectivity index (χ2v) is 7.53. The number of aryl methyl sites for hydroxylation is 1. The highest BCUT2D eigenvalue weighted by atomic mass is 35.7. The molecule has 0 saturated carbocycles. The second-order valence-electron chi connectivity index (χ2n) is 6.34. The molecule has 2 heterocycles. The SMILES string of the molecule is Cc1ccc2oc(-c3ccc(Cl)cc3)cc(=[NH+]Cc3ccco3)c2c1.[O-][Cl+3]([O-])([O-])[O-]. The van der Waals surface area contributed by atoms with Crippen molar-refractivity contribution in [3.8, 4) is 11.3 Å². The predicted octanol–water partition coefficient (Wildman–Crippen LogP) is -0.920. The van der Waals surface area contributed by atoms with Gasteiger partial charge in [-0.2, -0.15) is 0 Å². The highest BCUT2D eigenvalue weighted by Crippen LogP contribution is 2.23. The Bertz CT molecular complexity index is 1170. The molecule has 156 valence electrons. The Morgan fingerprint density at radius 1 is 0.967 bits per heavy atom.